The van der Waals surface area contributed by atoms with Gasteiger partial charge >= 0.3 is 5.97 Å². The number of hydrogen-bond donors (Lipinski definition) is 1. The zero-order valence-electron chi connectivity index (χ0n) is 14.3. The number of rotatable bonds is 11. The zero-order valence-corrected chi connectivity index (χ0v) is 14.3. The monoisotopic (exact) mass is 316 g/mol. The van der Waals surface area contributed by atoms with Crippen molar-refractivity contribution in [3.05, 3.63) is 48.1 Å². The molecular formula is C20H28O3. The maximum Gasteiger partial charge on any atom is 0.328 e. The summed E-state index contributed by atoms with van der Waals surface area (Å²) in [7, 11) is 1.65. The van der Waals surface area contributed by atoms with Gasteiger partial charge in [-0.1, -0.05) is 63.3 Å². The molecule has 0 unspecified atom stereocenters. The Labute approximate surface area is 139 Å². The third kappa shape index (κ3) is 8.24. The number of benzene rings is 1. The van der Waals surface area contributed by atoms with E-state index in [4.69, 9.17) is 9.84 Å². The van der Waals surface area contributed by atoms with Gasteiger partial charge in [-0.15, -0.1) is 0 Å². The van der Waals surface area contributed by atoms with E-state index in [0.717, 1.165) is 24.2 Å². The molecule has 23 heavy (non-hydrogen) atoms. The fraction of sp³-hybridized carbons (Fsp3) is 0.450. The lowest BCUT2D eigenvalue weighted by Crippen LogP contribution is -1.89. The molecule has 0 aliphatic carbocycles. The van der Waals surface area contributed by atoms with Crippen LogP contribution >= 0.6 is 0 Å². The molecule has 0 radical (unpaired) electrons. The number of carbonyl (C=O) groups is 1. The van der Waals surface area contributed by atoms with Gasteiger partial charge in [0.2, 0.25) is 0 Å². The van der Waals surface area contributed by atoms with Crippen LogP contribution in [0.3, 0.4) is 0 Å². The number of unbranched alkanes of at least 4 members (excludes halogenated alkanes) is 5. The molecule has 0 bridgehead atoms. The highest BCUT2D eigenvalue weighted by atomic mass is 16.5. The summed E-state index contributed by atoms with van der Waals surface area (Å²) in [6.45, 7) is 2.22. The standard InChI is InChI=1S/C20H28O3/c1-3-4-5-6-7-8-10-17(11-9-12-20(21)22)18-13-15-19(23-2)16-14-18/h9,11-16H,3-8,10H2,1-2H3,(H,21,22). The number of aliphatic carboxylic acids is 1. The van der Waals surface area contributed by atoms with Crippen molar-refractivity contribution >= 4 is 11.5 Å². The molecule has 0 heterocycles. The van der Waals surface area contributed by atoms with Crippen LogP contribution in [0.1, 0.15) is 57.4 Å². The first-order valence-electron chi connectivity index (χ1n) is 8.42. The van der Waals surface area contributed by atoms with Crippen LogP contribution in [-0.4, -0.2) is 18.2 Å². The lowest BCUT2D eigenvalue weighted by molar-refractivity contribution is -0.131. The van der Waals surface area contributed by atoms with Crippen LogP contribution in [0.15, 0.2) is 42.5 Å². The summed E-state index contributed by atoms with van der Waals surface area (Å²) >= 11 is 0. The Morgan fingerprint density at radius 3 is 2.35 bits per heavy atom. The minimum Gasteiger partial charge on any atom is -0.497 e. The molecule has 1 rings (SSSR count). The highest BCUT2D eigenvalue weighted by Crippen LogP contribution is 2.24. The molecule has 0 spiro atoms. The van der Waals surface area contributed by atoms with Gasteiger partial charge in [0, 0.05) is 6.08 Å². The second kappa shape index (κ2) is 11.5. The molecule has 0 atom stereocenters. The van der Waals surface area contributed by atoms with E-state index in [0.29, 0.717) is 0 Å². The molecule has 1 aromatic rings. The van der Waals surface area contributed by atoms with E-state index in [9.17, 15) is 4.79 Å². The minimum atomic E-state index is -0.921. The van der Waals surface area contributed by atoms with Crippen molar-refractivity contribution in [2.24, 2.45) is 0 Å². The highest BCUT2D eigenvalue weighted by Gasteiger charge is 2.02. The number of carboxylic acid groups (broad SMARTS) is 1. The molecule has 0 saturated heterocycles. The lowest BCUT2D eigenvalue weighted by atomic mass is 9.98. The predicted octanol–water partition coefficient (Wildman–Crippen LogP) is 5.47. The molecule has 0 aliphatic rings. The van der Waals surface area contributed by atoms with Crippen LogP contribution in [0.4, 0.5) is 0 Å². The second-order valence-electron chi connectivity index (χ2n) is 5.64. The molecule has 1 aromatic carbocycles. The summed E-state index contributed by atoms with van der Waals surface area (Å²) < 4.78 is 5.19. The van der Waals surface area contributed by atoms with E-state index >= 15 is 0 Å². The smallest absolute Gasteiger partial charge is 0.328 e. The number of allylic oxidation sites excluding steroid dienone is 3. The number of hydrogen-bond acceptors (Lipinski definition) is 2. The minimum absolute atomic E-state index is 0.828. The summed E-state index contributed by atoms with van der Waals surface area (Å²) in [4.78, 5) is 10.6. The largest absolute Gasteiger partial charge is 0.497 e. The molecular weight excluding hydrogens is 288 g/mol. The molecule has 3 heteroatoms. The molecule has 0 saturated carbocycles. The summed E-state index contributed by atoms with van der Waals surface area (Å²) in [6, 6.07) is 7.92. The Bertz CT molecular complexity index is 512. The summed E-state index contributed by atoms with van der Waals surface area (Å²) in [5, 5.41) is 8.73. The Balaban J connectivity index is 2.66. The van der Waals surface area contributed by atoms with Crippen molar-refractivity contribution in [1.82, 2.24) is 0 Å². The Hall–Kier alpha value is -2.03. The second-order valence-corrected chi connectivity index (χ2v) is 5.64. The van der Waals surface area contributed by atoms with E-state index in [1.165, 1.54) is 43.8 Å². The average Bonchev–Trinajstić information content (AvgIpc) is 2.56. The van der Waals surface area contributed by atoms with E-state index in [1.807, 2.05) is 30.3 Å². The van der Waals surface area contributed by atoms with Gasteiger partial charge < -0.3 is 9.84 Å². The van der Waals surface area contributed by atoms with E-state index in [-0.39, 0.29) is 0 Å². The molecule has 0 aliphatic heterocycles. The summed E-state index contributed by atoms with van der Waals surface area (Å²) in [5.41, 5.74) is 2.29. The molecule has 1 N–H and O–H groups in total. The van der Waals surface area contributed by atoms with Crippen LogP contribution in [0, 0.1) is 0 Å². The Kier molecular flexibility index (Phi) is 9.53. The van der Waals surface area contributed by atoms with Crippen LogP contribution < -0.4 is 4.74 Å². The van der Waals surface area contributed by atoms with Crippen LogP contribution in [0.5, 0.6) is 5.75 Å². The van der Waals surface area contributed by atoms with Crippen LogP contribution in [0.2, 0.25) is 0 Å². The summed E-state index contributed by atoms with van der Waals surface area (Å²) in [6.07, 6.45) is 13.1. The maximum atomic E-state index is 10.6. The maximum absolute atomic E-state index is 10.6. The van der Waals surface area contributed by atoms with Gasteiger partial charge in [0.25, 0.3) is 0 Å². The third-order valence-corrected chi connectivity index (χ3v) is 3.80. The Morgan fingerprint density at radius 2 is 1.74 bits per heavy atom. The van der Waals surface area contributed by atoms with Gasteiger partial charge in [-0.05, 0) is 36.1 Å². The van der Waals surface area contributed by atoms with Gasteiger partial charge in [-0.25, -0.2) is 4.79 Å². The molecule has 126 valence electrons. The first-order chi connectivity index (χ1) is 11.2. The predicted molar refractivity (Wildman–Crippen MR) is 95.7 cm³/mol. The van der Waals surface area contributed by atoms with Crippen LogP contribution in [-0.2, 0) is 4.79 Å². The topological polar surface area (TPSA) is 46.5 Å². The van der Waals surface area contributed by atoms with Crippen molar-refractivity contribution in [2.75, 3.05) is 7.11 Å². The van der Waals surface area contributed by atoms with E-state index in [2.05, 4.69) is 6.92 Å². The van der Waals surface area contributed by atoms with Gasteiger partial charge in [0.05, 0.1) is 7.11 Å². The fourth-order valence-electron chi connectivity index (χ4n) is 2.47. The quantitative estimate of drug-likeness (QED) is 0.334. The Morgan fingerprint density at radius 1 is 1.09 bits per heavy atom. The molecule has 0 amide bonds. The molecule has 0 fully saturated rings. The third-order valence-electron chi connectivity index (χ3n) is 3.80. The number of ether oxygens (including phenoxy) is 1. The van der Waals surface area contributed by atoms with Crippen molar-refractivity contribution in [2.45, 2.75) is 51.9 Å². The van der Waals surface area contributed by atoms with Gasteiger partial charge in [-0.2, -0.15) is 0 Å². The zero-order chi connectivity index (χ0) is 16.9. The van der Waals surface area contributed by atoms with Gasteiger partial charge in [0.1, 0.15) is 5.75 Å². The number of carboxylic acids is 1. The van der Waals surface area contributed by atoms with Crippen molar-refractivity contribution in [3.63, 3.8) is 0 Å². The normalized spacial score (nSPS) is 11.8. The summed E-state index contributed by atoms with van der Waals surface area (Å²) in [5.74, 6) is -0.0939. The van der Waals surface area contributed by atoms with Crippen molar-refractivity contribution in [3.8, 4) is 5.75 Å². The molecule has 0 aromatic heterocycles. The first-order valence-corrected chi connectivity index (χ1v) is 8.42. The van der Waals surface area contributed by atoms with E-state index < -0.39 is 5.97 Å². The fourth-order valence-corrected chi connectivity index (χ4v) is 2.47. The SMILES string of the molecule is CCCCCCCCC(=CC=CC(=O)O)c1ccc(OC)cc1. The lowest BCUT2D eigenvalue weighted by Gasteiger charge is -2.09. The van der Waals surface area contributed by atoms with Gasteiger partial charge in [-0.3, -0.25) is 0 Å². The van der Waals surface area contributed by atoms with Crippen molar-refractivity contribution < 1.29 is 14.6 Å². The average molecular weight is 316 g/mol. The highest BCUT2D eigenvalue weighted by molar-refractivity contribution is 5.81. The van der Waals surface area contributed by atoms with Crippen LogP contribution in [0.25, 0.3) is 5.57 Å². The first kappa shape index (κ1) is 19.0. The van der Waals surface area contributed by atoms with Crippen molar-refractivity contribution in [1.29, 1.82) is 0 Å². The van der Waals surface area contributed by atoms with Gasteiger partial charge in [0.15, 0.2) is 0 Å². The number of methoxy groups -OCH3 is 1. The van der Waals surface area contributed by atoms with E-state index in [1.54, 1.807) is 13.2 Å². The molecule has 3 nitrogen and oxygen atoms in total.